The van der Waals surface area contributed by atoms with Crippen LogP contribution < -0.4 is 5.32 Å². The van der Waals surface area contributed by atoms with E-state index >= 15 is 0 Å². The van der Waals surface area contributed by atoms with Crippen molar-refractivity contribution in [2.75, 3.05) is 5.32 Å². The van der Waals surface area contributed by atoms with Gasteiger partial charge in [-0.25, -0.2) is 9.97 Å². The van der Waals surface area contributed by atoms with Gasteiger partial charge in [0.1, 0.15) is 12.1 Å². The second-order valence-electron chi connectivity index (χ2n) is 4.80. The van der Waals surface area contributed by atoms with Crippen LogP contribution >= 0.6 is 0 Å². The van der Waals surface area contributed by atoms with Gasteiger partial charge in [-0.15, -0.1) is 0 Å². The molecule has 2 heterocycles. The predicted molar refractivity (Wildman–Crippen MR) is 75.8 cm³/mol. The third kappa shape index (κ3) is 3.33. The molecule has 3 aromatic rings. The largest absolute Gasteiger partial charge is 0.389 e. The van der Waals surface area contributed by atoms with Crippen LogP contribution in [0.3, 0.4) is 0 Å². The minimum Gasteiger partial charge on any atom is -0.340 e. The van der Waals surface area contributed by atoms with Gasteiger partial charge in [-0.2, -0.15) is 18.3 Å². The van der Waals surface area contributed by atoms with Crippen molar-refractivity contribution in [1.29, 1.82) is 0 Å². The summed E-state index contributed by atoms with van der Waals surface area (Å²) in [4.78, 5) is 8.15. The van der Waals surface area contributed by atoms with Crippen LogP contribution in [0.15, 0.2) is 36.8 Å². The first-order valence-corrected chi connectivity index (χ1v) is 6.58. The number of nitrogens with zero attached hydrogens (tertiary/aromatic N) is 3. The lowest BCUT2D eigenvalue weighted by atomic mass is 10.1. The van der Waals surface area contributed by atoms with E-state index in [-0.39, 0.29) is 6.42 Å². The van der Waals surface area contributed by atoms with Crippen LogP contribution in [0.2, 0.25) is 0 Å². The fourth-order valence-corrected chi connectivity index (χ4v) is 2.09. The average molecular weight is 307 g/mol. The van der Waals surface area contributed by atoms with Gasteiger partial charge in [0.25, 0.3) is 0 Å². The molecule has 0 spiro atoms. The Balaban J connectivity index is 1.79. The average Bonchev–Trinajstić information content (AvgIpc) is 2.94. The first-order chi connectivity index (χ1) is 10.5. The number of hydrogen-bond donors (Lipinski definition) is 2. The Morgan fingerprint density at radius 1 is 1.18 bits per heavy atom. The van der Waals surface area contributed by atoms with Gasteiger partial charge in [0.15, 0.2) is 5.65 Å². The quantitative estimate of drug-likeness (QED) is 0.773. The van der Waals surface area contributed by atoms with Gasteiger partial charge in [-0.1, -0.05) is 12.1 Å². The van der Waals surface area contributed by atoms with Crippen molar-refractivity contribution in [3.8, 4) is 0 Å². The van der Waals surface area contributed by atoms with E-state index in [1.54, 1.807) is 30.5 Å². The van der Waals surface area contributed by atoms with E-state index in [1.807, 2.05) is 0 Å². The second kappa shape index (κ2) is 5.63. The van der Waals surface area contributed by atoms with Crippen molar-refractivity contribution in [3.63, 3.8) is 0 Å². The molecule has 3 rings (SSSR count). The highest BCUT2D eigenvalue weighted by Gasteiger charge is 2.26. The SMILES string of the molecule is FC(F)(F)CCc1cccc(Nc2ncnc3[nH]ncc23)c1. The van der Waals surface area contributed by atoms with Crippen LogP contribution in [-0.4, -0.2) is 26.3 Å². The van der Waals surface area contributed by atoms with Crippen LogP contribution in [0.5, 0.6) is 0 Å². The molecule has 5 nitrogen and oxygen atoms in total. The van der Waals surface area contributed by atoms with Crippen LogP contribution in [0.4, 0.5) is 24.7 Å². The summed E-state index contributed by atoms with van der Waals surface area (Å²) in [5, 5.41) is 10.4. The van der Waals surface area contributed by atoms with Crippen LogP contribution in [0, 0.1) is 0 Å². The van der Waals surface area contributed by atoms with Gasteiger partial charge in [-0.05, 0) is 24.1 Å². The number of fused-ring (bicyclic) bond motifs is 1. The molecule has 2 aromatic heterocycles. The van der Waals surface area contributed by atoms with E-state index < -0.39 is 12.6 Å². The first-order valence-electron chi connectivity index (χ1n) is 6.58. The zero-order valence-corrected chi connectivity index (χ0v) is 11.4. The summed E-state index contributed by atoms with van der Waals surface area (Å²) in [5.74, 6) is 0.548. The van der Waals surface area contributed by atoms with E-state index in [4.69, 9.17) is 0 Å². The minimum absolute atomic E-state index is 0.0517. The summed E-state index contributed by atoms with van der Waals surface area (Å²) in [6.45, 7) is 0. The molecular weight excluding hydrogens is 295 g/mol. The Bertz CT molecular complexity index is 781. The smallest absolute Gasteiger partial charge is 0.340 e. The van der Waals surface area contributed by atoms with Gasteiger partial charge in [0.2, 0.25) is 0 Å². The molecular formula is C14H12F3N5. The summed E-state index contributed by atoms with van der Waals surface area (Å²) in [6.07, 6.45) is -2.07. The molecule has 0 saturated carbocycles. The third-order valence-corrected chi connectivity index (χ3v) is 3.13. The summed E-state index contributed by atoms with van der Waals surface area (Å²) >= 11 is 0. The lowest BCUT2D eigenvalue weighted by Crippen LogP contribution is -2.08. The van der Waals surface area contributed by atoms with Crippen LogP contribution in [-0.2, 0) is 6.42 Å². The zero-order chi connectivity index (χ0) is 15.6. The molecule has 22 heavy (non-hydrogen) atoms. The van der Waals surface area contributed by atoms with Crippen molar-refractivity contribution >= 4 is 22.5 Å². The number of rotatable bonds is 4. The molecule has 0 atom stereocenters. The summed E-state index contributed by atoms with van der Waals surface area (Å²) < 4.78 is 36.9. The van der Waals surface area contributed by atoms with Crippen molar-refractivity contribution in [1.82, 2.24) is 20.2 Å². The number of aromatic amines is 1. The van der Waals surface area contributed by atoms with E-state index in [9.17, 15) is 13.2 Å². The standard InChI is InChI=1S/C14H12F3N5/c15-14(16,17)5-4-9-2-1-3-10(6-9)21-12-11-7-20-22-13(11)19-8-18-12/h1-3,6-8H,4-5H2,(H2,18,19,20,21,22). The second-order valence-corrected chi connectivity index (χ2v) is 4.80. The number of aryl methyl sites for hydroxylation is 1. The molecule has 0 radical (unpaired) electrons. The molecule has 8 heteroatoms. The van der Waals surface area contributed by atoms with Gasteiger partial charge in [0, 0.05) is 12.1 Å². The molecule has 0 amide bonds. The molecule has 0 aliphatic carbocycles. The van der Waals surface area contributed by atoms with Crippen molar-refractivity contribution in [2.24, 2.45) is 0 Å². The van der Waals surface area contributed by atoms with Gasteiger partial charge in [0.05, 0.1) is 11.6 Å². The highest BCUT2D eigenvalue weighted by molar-refractivity contribution is 5.87. The van der Waals surface area contributed by atoms with Crippen molar-refractivity contribution in [3.05, 3.63) is 42.4 Å². The van der Waals surface area contributed by atoms with E-state index in [0.29, 0.717) is 28.1 Å². The summed E-state index contributed by atoms with van der Waals surface area (Å²) in [6, 6.07) is 6.83. The minimum atomic E-state index is -4.15. The molecule has 0 unspecified atom stereocenters. The molecule has 114 valence electrons. The van der Waals surface area contributed by atoms with E-state index in [0.717, 1.165) is 0 Å². The fourth-order valence-electron chi connectivity index (χ4n) is 2.09. The van der Waals surface area contributed by atoms with E-state index in [1.165, 1.54) is 6.33 Å². The lowest BCUT2D eigenvalue weighted by molar-refractivity contribution is -0.133. The predicted octanol–water partition coefficient (Wildman–Crippen LogP) is 3.59. The normalized spacial score (nSPS) is 11.8. The molecule has 0 bridgehead atoms. The molecule has 0 saturated heterocycles. The third-order valence-electron chi connectivity index (χ3n) is 3.13. The maximum absolute atomic E-state index is 12.3. The van der Waals surface area contributed by atoms with Crippen molar-refractivity contribution in [2.45, 2.75) is 19.0 Å². The Morgan fingerprint density at radius 3 is 2.86 bits per heavy atom. The van der Waals surface area contributed by atoms with Crippen molar-refractivity contribution < 1.29 is 13.2 Å². The topological polar surface area (TPSA) is 66.5 Å². The van der Waals surface area contributed by atoms with Crippen LogP contribution in [0.25, 0.3) is 11.0 Å². The Hall–Kier alpha value is -2.64. The van der Waals surface area contributed by atoms with Gasteiger partial charge < -0.3 is 5.32 Å². The number of halogens is 3. The molecule has 2 N–H and O–H groups in total. The number of benzene rings is 1. The highest BCUT2D eigenvalue weighted by atomic mass is 19.4. The maximum Gasteiger partial charge on any atom is 0.389 e. The Kier molecular flexibility index (Phi) is 3.66. The van der Waals surface area contributed by atoms with Crippen LogP contribution in [0.1, 0.15) is 12.0 Å². The first kappa shape index (κ1) is 14.3. The number of H-pyrrole nitrogens is 1. The molecule has 0 aliphatic heterocycles. The summed E-state index contributed by atoms with van der Waals surface area (Å²) in [7, 11) is 0. The zero-order valence-electron chi connectivity index (χ0n) is 11.4. The molecule has 0 aliphatic rings. The monoisotopic (exact) mass is 307 g/mol. The van der Waals surface area contributed by atoms with Gasteiger partial charge in [-0.3, -0.25) is 5.10 Å². The summed E-state index contributed by atoms with van der Waals surface area (Å²) in [5.41, 5.74) is 1.87. The number of aromatic nitrogens is 4. The molecule has 1 aromatic carbocycles. The lowest BCUT2D eigenvalue weighted by Gasteiger charge is -2.09. The van der Waals surface area contributed by atoms with E-state index in [2.05, 4.69) is 25.5 Å². The number of anilines is 2. The fraction of sp³-hybridized carbons (Fsp3) is 0.214. The number of hydrogen-bond acceptors (Lipinski definition) is 4. The number of alkyl halides is 3. The molecule has 0 fully saturated rings. The number of nitrogens with one attached hydrogen (secondary N) is 2. The Labute approximate surface area is 123 Å². The highest BCUT2D eigenvalue weighted by Crippen LogP contribution is 2.25. The Morgan fingerprint density at radius 2 is 2.05 bits per heavy atom. The maximum atomic E-state index is 12.3. The van der Waals surface area contributed by atoms with Gasteiger partial charge >= 0.3 is 6.18 Å².